The van der Waals surface area contributed by atoms with Crippen LogP contribution >= 0.6 is 22.7 Å². The van der Waals surface area contributed by atoms with Crippen molar-refractivity contribution in [2.45, 2.75) is 6.92 Å². The first-order valence-corrected chi connectivity index (χ1v) is 15.2. The normalized spacial score (nSPS) is 11.2. The summed E-state index contributed by atoms with van der Waals surface area (Å²) in [6.07, 6.45) is 3.35. The van der Waals surface area contributed by atoms with Gasteiger partial charge in [-0.15, -0.1) is 22.7 Å². The Kier molecular flexibility index (Phi) is 7.87. The molecule has 8 heteroatoms. The fraction of sp³-hybridized carbons (Fsp3) is 0.0571. The first-order chi connectivity index (χ1) is 20.9. The monoisotopic (exact) mass is 601 g/mol. The molecule has 0 unspecified atom stereocenters. The number of rotatable bonds is 8. The quantitative estimate of drug-likeness (QED) is 0.134. The molecule has 0 spiro atoms. The fourth-order valence-electron chi connectivity index (χ4n) is 4.71. The number of carbonyl (C=O) groups excluding carboxylic acids is 2. The molecule has 0 atom stereocenters. The van der Waals surface area contributed by atoms with Crippen molar-refractivity contribution in [2.24, 2.45) is 0 Å². The summed E-state index contributed by atoms with van der Waals surface area (Å²) in [7, 11) is 1.63. The molecule has 212 valence electrons. The molecule has 0 saturated carbocycles. The minimum absolute atomic E-state index is 0.109. The number of fused-ring (bicyclic) bond motifs is 1. The average Bonchev–Trinajstić information content (AvgIpc) is 3.68. The molecule has 0 radical (unpaired) electrons. The summed E-state index contributed by atoms with van der Waals surface area (Å²) in [5.41, 5.74) is 12.9. The van der Waals surface area contributed by atoms with E-state index in [2.05, 4.69) is 29.6 Å². The van der Waals surface area contributed by atoms with E-state index in [1.807, 2.05) is 54.8 Å². The molecule has 0 aliphatic heterocycles. The molecule has 6 aromatic rings. The Balaban J connectivity index is 1.32. The molecule has 3 aromatic carbocycles. The van der Waals surface area contributed by atoms with Crippen molar-refractivity contribution in [3.63, 3.8) is 0 Å². The predicted octanol–water partition coefficient (Wildman–Crippen LogP) is 8.74. The van der Waals surface area contributed by atoms with E-state index in [1.54, 1.807) is 54.9 Å². The summed E-state index contributed by atoms with van der Waals surface area (Å²) in [6, 6.07) is 28.7. The lowest BCUT2D eigenvalue weighted by molar-refractivity contribution is 0.102. The van der Waals surface area contributed by atoms with Gasteiger partial charge >= 0.3 is 0 Å². The third kappa shape index (κ3) is 5.97. The van der Waals surface area contributed by atoms with Gasteiger partial charge in [0.2, 0.25) is 0 Å². The number of aryl methyl sites for hydroxylation is 1. The van der Waals surface area contributed by atoms with Crippen LogP contribution in [-0.4, -0.2) is 23.8 Å². The number of nitrogens with one attached hydrogen (secondary N) is 1. The van der Waals surface area contributed by atoms with E-state index >= 15 is 0 Å². The van der Waals surface area contributed by atoms with E-state index in [0.717, 1.165) is 44.0 Å². The number of hydrogen-bond donors (Lipinski definition) is 2. The minimum Gasteiger partial charge on any atom is -0.497 e. The van der Waals surface area contributed by atoms with E-state index in [1.165, 1.54) is 11.3 Å². The van der Waals surface area contributed by atoms with Crippen LogP contribution < -0.4 is 15.8 Å². The molecule has 0 aliphatic carbocycles. The third-order valence-corrected chi connectivity index (χ3v) is 8.96. The smallest absolute Gasteiger partial charge is 0.267 e. The van der Waals surface area contributed by atoms with Crippen molar-refractivity contribution in [3.05, 3.63) is 123 Å². The molecule has 0 saturated heterocycles. The zero-order valence-corrected chi connectivity index (χ0v) is 25.1. The summed E-state index contributed by atoms with van der Waals surface area (Å²) in [5, 5.41) is 5.64. The second kappa shape index (κ2) is 12.1. The number of ketones is 1. The molecule has 3 aromatic heterocycles. The van der Waals surface area contributed by atoms with E-state index in [9.17, 15) is 9.59 Å². The number of allylic oxidation sites excluding steroid dienone is 1. The number of hydrogen-bond acceptors (Lipinski definition) is 7. The molecule has 0 aliphatic rings. The van der Waals surface area contributed by atoms with Gasteiger partial charge in [-0.05, 0) is 96.2 Å². The Hall–Kier alpha value is -5.05. The minimum atomic E-state index is -0.335. The number of anilines is 2. The number of nitrogen functional groups attached to an aromatic ring is 1. The topological polar surface area (TPSA) is 94.3 Å². The van der Waals surface area contributed by atoms with Gasteiger partial charge in [0.15, 0.2) is 5.78 Å². The molecular weight excluding hydrogens is 575 g/mol. The van der Waals surface area contributed by atoms with Crippen LogP contribution in [0.15, 0.2) is 102 Å². The number of benzene rings is 3. The van der Waals surface area contributed by atoms with Gasteiger partial charge in [-0.25, -0.2) is 4.98 Å². The lowest BCUT2D eigenvalue weighted by Crippen LogP contribution is -2.12. The summed E-state index contributed by atoms with van der Waals surface area (Å²) in [5.74, 6) is 0.315. The molecular formula is C35H27N3O3S2. The van der Waals surface area contributed by atoms with Crippen molar-refractivity contribution < 1.29 is 14.3 Å². The number of nitrogens with zero attached hydrogens (tertiary/aromatic N) is 1. The lowest BCUT2D eigenvalue weighted by atomic mass is 9.98. The van der Waals surface area contributed by atoms with Crippen molar-refractivity contribution in [3.8, 4) is 28.1 Å². The zero-order valence-electron chi connectivity index (χ0n) is 23.5. The summed E-state index contributed by atoms with van der Waals surface area (Å²) >= 11 is 2.82. The maximum atomic E-state index is 13.5. The number of amides is 1. The van der Waals surface area contributed by atoms with E-state index in [-0.39, 0.29) is 11.7 Å². The van der Waals surface area contributed by atoms with Crippen LogP contribution in [0.4, 0.5) is 11.4 Å². The van der Waals surface area contributed by atoms with Crippen molar-refractivity contribution in [1.82, 2.24) is 4.98 Å². The molecule has 0 fully saturated rings. The van der Waals surface area contributed by atoms with Crippen LogP contribution in [0.25, 0.3) is 38.7 Å². The fourth-order valence-corrected chi connectivity index (χ4v) is 6.34. The number of pyridine rings is 1. The standard InChI is InChI=1S/C35H27N3O3S2/c1-21-5-7-22(8-6-21)28-20-29(23-11-15-26(41-2)16-12-23)38-35-31(28)32(36)33(43-35)34(40)37-25-13-9-24(10-14-25)30(39)18-17-27-4-3-19-42-27/h3-20H,36H2,1-2H3,(H,37,40). The zero-order chi connectivity index (χ0) is 29.9. The Labute approximate surface area is 257 Å². The highest BCUT2D eigenvalue weighted by molar-refractivity contribution is 7.21. The highest BCUT2D eigenvalue weighted by Gasteiger charge is 2.22. The Bertz CT molecular complexity index is 1960. The Morgan fingerprint density at radius 1 is 0.930 bits per heavy atom. The van der Waals surface area contributed by atoms with Crippen molar-refractivity contribution in [2.75, 3.05) is 18.2 Å². The van der Waals surface area contributed by atoms with Gasteiger partial charge in [0.25, 0.3) is 5.91 Å². The molecule has 43 heavy (non-hydrogen) atoms. The number of aromatic nitrogens is 1. The first kappa shape index (κ1) is 28.1. The Morgan fingerprint density at radius 3 is 2.33 bits per heavy atom. The van der Waals surface area contributed by atoms with Crippen LogP contribution in [0, 0.1) is 6.92 Å². The van der Waals surface area contributed by atoms with Crippen molar-refractivity contribution in [1.29, 1.82) is 0 Å². The molecule has 0 bridgehead atoms. The van der Waals surface area contributed by atoms with Crippen LogP contribution in [0.1, 0.15) is 30.5 Å². The number of thiophene rings is 2. The number of ether oxygens (including phenoxy) is 1. The van der Waals surface area contributed by atoms with Gasteiger partial charge in [0, 0.05) is 27.1 Å². The third-order valence-electron chi connectivity index (χ3n) is 7.02. The maximum Gasteiger partial charge on any atom is 0.267 e. The van der Waals surface area contributed by atoms with Gasteiger partial charge in [-0.3, -0.25) is 9.59 Å². The van der Waals surface area contributed by atoms with Crippen LogP contribution in [0.5, 0.6) is 5.75 Å². The molecule has 3 heterocycles. The number of methoxy groups -OCH3 is 1. The van der Waals surface area contributed by atoms with Gasteiger partial charge < -0.3 is 15.8 Å². The SMILES string of the molecule is COc1ccc(-c2cc(-c3ccc(C)cc3)c3c(N)c(C(=O)Nc4ccc(C(=O)C=Cc5cccs5)cc4)sc3n2)cc1. The average molecular weight is 602 g/mol. The summed E-state index contributed by atoms with van der Waals surface area (Å²) < 4.78 is 5.32. The van der Waals surface area contributed by atoms with Gasteiger partial charge in [0.05, 0.1) is 18.5 Å². The van der Waals surface area contributed by atoms with E-state index in [4.69, 9.17) is 15.5 Å². The first-order valence-electron chi connectivity index (χ1n) is 13.5. The predicted molar refractivity (Wildman–Crippen MR) is 178 cm³/mol. The van der Waals surface area contributed by atoms with Gasteiger partial charge in [-0.2, -0.15) is 0 Å². The number of nitrogens with two attached hydrogens (primary N) is 1. The van der Waals surface area contributed by atoms with Gasteiger partial charge in [0.1, 0.15) is 15.5 Å². The van der Waals surface area contributed by atoms with Crippen LogP contribution in [-0.2, 0) is 0 Å². The highest BCUT2D eigenvalue weighted by Crippen LogP contribution is 2.41. The van der Waals surface area contributed by atoms with Crippen LogP contribution in [0.3, 0.4) is 0 Å². The highest BCUT2D eigenvalue weighted by atomic mass is 32.1. The number of carbonyl (C=O) groups is 2. The maximum absolute atomic E-state index is 13.5. The second-order valence-corrected chi connectivity index (χ2v) is 11.9. The summed E-state index contributed by atoms with van der Waals surface area (Å²) in [6.45, 7) is 2.04. The largest absolute Gasteiger partial charge is 0.497 e. The lowest BCUT2D eigenvalue weighted by Gasteiger charge is -2.10. The second-order valence-electron chi connectivity index (χ2n) is 9.92. The molecule has 1 amide bonds. The van der Waals surface area contributed by atoms with Crippen LogP contribution in [0.2, 0.25) is 0 Å². The molecule has 3 N–H and O–H groups in total. The molecule has 6 nitrogen and oxygen atoms in total. The Morgan fingerprint density at radius 2 is 1.65 bits per heavy atom. The molecule has 6 rings (SSSR count). The van der Waals surface area contributed by atoms with E-state index < -0.39 is 0 Å². The van der Waals surface area contributed by atoms with E-state index in [0.29, 0.717) is 26.6 Å². The van der Waals surface area contributed by atoms with Gasteiger partial charge in [-0.1, -0.05) is 35.9 Å². The van der Waals surface area contributed by atoms with Crippen molar-refractivity contribution >= 4 is 62.0 Å². The summed E-state index contributed by atoms with van der Waals surface area (Å²) in [4.78, 5) is 33.0.